The molecule has 36 heavy (non-hydrogen) atoms. The Labute approximate surface area is 231 Å². The van der Waals surface area contributed by atoms with Crippen LogP contribution in [-0.2, 0) is 0 Å². The molecule has 0 aliphatic carbocycles. The van der Waals surface area contributed by atoms with E-state index >= 15 is 0 Å². The molecule has 0 radical (unpaired) electrons. The van der Waals surface area contributed by atoms with Crippen molar-refractivity contribution in [3.05, 3.63) is 0 Å². The molecule has 0 atom stereocenters. The Morgan fingerprint density at radius 3 is 0.667 bits per heavy atom. The minimum absolute atomic E-state index is 1.21. The summed E-state index contributed by atoms with van der Waals surface area (Å²) >= 11 is 0. The zero-order valence-corrected chi connectivity index (χ0v) is 26.7. The summed E-state index contributed by atoms with van der Waals surface area (Å²) < 4.78 is 2.41. The molecule has 0 aliphatic rings. The molecule has 0 saturated carbocycles. The van der Waals surface area contributed by atoms with Crippen molar-refractivity contribution in [1.29, 1.82) is 0 Å². The van der Waals surface area contributed by atoms with Crippen molar-refractivity contribution in [2.24, 2.45) is 0 Å². The summed E-state index contributed by atoms with van der Waals surface area (Å²) in [6, 6.07) is 0. The predicted molar refractivity (Wildman–Crippen MR) is 166 cm³/mol. The van der Waals surface area contributed by atoms with Gasteiger partial charge in [-0.05, 0) is 25.7 Å². The lowest BCUT2D eigenvalue weighted by Gasteiger charge is -2.36. The first kappa shape index (κ1) is 35.9. The number of rotatable bonds is 29. The van der Waals surface area contributed by atoms with Gasteiger partial charge in [-0.3, -0.25) is 0 Å². The van der Waals surface area contributed by atoms with Crippen LogP contribution in [0.15, 0.2) is 0 Å². The average molecular weight is 511 g/mol. The van der Waals surface area contributed by atoms with Crippen molar-refractivity contribution in [3.8, 4) is 0 Å². The third kappa shape index (κ3) is 27.0. The molecule has 0 aromatic heterocycles. The SMILES string of the molecule is CCCCCCCCCCCCCCCC[N+](C)(C)CC[N+](C)(C)CCCCCCCCCCCC. The van der Waals surface area contributed by atoms with Crippen molar-refractivity contribution < 1.29 is 8.97 Å². The van der Waals surface area contributed by atoms with E-state index in [2.05, 4.69) is 42.0 Å². The van der Waals surface area contributed by atoms with E-state index in [1.807, 2.05) is 0 Å². The molecule has 218 valence electrons. The van der Waals surface area contributed by atoms with Gasteiger partial charge >= 0.3 is 0 Å². The van der Waals surface area contributed by atoms with Gasteiger partial charge in [-0.15, -0.1) is 0 Å². The van der Waals surface area contributed by atoms with E-state index < -0.39 is 0 Å². The Hall–Kier alpha value is -0.0800. The van der Waals surface area contributed by atoms with Crippen LogP contribution in [0.1, 0.15) is 168 Å². The van der Waals surface area contributed by atoms with Crippen LogP contribution in [-0.4, -0.2) is 63.3 Å². The molecule has 0 N–H and O–H groups in total. The van der Waals surface area contributed by atoms with Crippen LogP contribution in [0.5, 0.6) is 0 Å². The molecule has 2 heteroatoms. The average Bonchev–Trinajstić information content (AvgIpc) is 2.84. The Bertz CT molecular complexity index is 429. The Balaban J connectivity index is 3.56. The summed E-state index contributed by atoms with van der Waals surface area (Å²) in [5.41, 5.74) is 0. The maximum absolute atomic E-state index is 2.46. The quantitative estimate of drug-likeness (QED) is 0.0693. The number of hydrogen-bond donors (Lipinski definition) is 0. The number of likely N-dealkylation sites (N-methyl/N-ethyl adjacent to an activating group) is 2. The summed E-state index contributed by atoms with van der Waals surface area (Å²) in [4.78, 5) is 0. The first-order valence-corrected chi connectivity index (χ1v) is 17.0. The van der Waals surface area contributed by atoms with Gasteiger partial charge in [0, 0.05) is 0 Å². The first-order valence-electron chi connectivity index (χ1n) is 17.0. The molecular formula is C34H74N2+2. The van der Waals surface area contributed by atoms with Gasteiger partial charge in [0.1, 0.15) is 13.1 Å². The third-order valence-corrected chi connectivity index (χ3v) is 8.54. The van der Waals surface area contributed by atoms with E-state index in [-0.39, 0.29) is 0 Å². The maximum atomic E-state index is 2.46. The van der Waals surface area contributed by atoms with Gasteiger partial charge in [-0.2, -0.15) is 0 Å². The minimum atomic E-state index is 1.21. The van der Waals surface area contributed by atoms with E-state index in [0.29, 0.717) is 0 Å². The van der Waals surface area contributed by atoms with E-state index in [0.717, 1.165) is 0 Å². The largest absolute Gasteiger partial charge is 0.324 e. The Morgan fingerprint density at radius 1 is 0.250 bits per heavy atom. The molecule has 0 unspecified atom stereocenters. The number of quaternary nitrogens is 2. The molecular weight excluding hydrogens is 436 g/mol. The highest BCUT2D eigenvalue weighted by Crippen LogP contribution is 2.15. The van der Waals surface area contributed by atoms with Gasteiger partial charge in [-0.25, -0.2) is 0 Å². The Kier molecular flexibility index (Phi) is 25.2. The van der Waals surface area contributed by atoms with Gasteiger partial charge in [0.25, 0.3) is 0 Å². The van der Waals surface area contributed by atoms with Crippen LogP contribution in [0.2, 0.25) is 0 Å². The summed E-state index contributed by atoms with van der Waals surface area (Å²) in [7, 11) is 9.84. The van der Waals surface area contributed by atoms with E-state index in [4.69, 9.17) is 0 Å². The van der Waals surface area contributed by atoms with Gasteiger partial charge in [0.05, 0.1) is 41.3 Å². The first-order chi connectivity index (χ1) is 17.3. The van der Waals surface area contributed by atoms with Gasteiger partial charge in [0.15, 0.2) is 0 Å². The standard InChI is InChI=1S/C34H74N2/c1-7-9-11-13-15-17-19-20-21-22-24-26-28-30-32-36(5,6)34-33-35(3,4)31-29-27-25-23-18-16-14-12-10-8-2/h7-34H2,1-6H3/q+2. The number of hydrogen-bond acceptors (Lipinski definition) is 0. The van der Waals surface area contributed by atoms with Crippen molar-refractivity contribution in [1.82, 2.24) is 0 Å². The zero-order valence-electron chi connectivity index (χ0n) is 26.7. The molecule has 0 rings (SSSR count). The van der Waals surface area contributed by atoms with Crippen LogP contribution in [0.25, 0.3) is 0 Å². The van der Waals surface area contributed by atoms with E-state index in [1.165, 1.54) is 189 Å². The topological polar surface area (TPSA) is 0 Å². The molecule has 0 aromatic rings. The maximum Gasteiger partial charge on any atom is 0.128 e. The summed E-state index contributed by atoms with van der Waals surface area (Å²) in [6.45, 7) is 9.97. The third-order valence-electron chi connectivity index (χ3n) is 8.54. The number of nitrogens with zero attached hydrogens (tertiary/aromatic N) is 2. The summed E-state index contributed by atoms with van der Waals surface area (Å²) in [6.07, 6.45) is 34.8. The Morgan fingerprint density at radius 2 is 0.444 bits per heavy atom. The molecule has 0 spiro atoms. The van der Waals surface area contributed by atoms with Crippen molar-refractivity contribution in [2.75, 3.05) is 54.4 Å². The second kappa shape index (κ2) is 25.2. The second-order valence-corrected chi connectivity index (χ2v) is 13.5. The molecule has 0 saturated heterocycles. The van der Waals surface area contributed by atoms with Crippen molar-refractivity contribution in [3.63, 3.8) is 0 Å². The van der Waals surface area contributed by atoms with Gasteiger partial charge in [0.2, 0.25) is 0 Å². The van der Waals surface area contributed by atoms with Crippen LogP contribution in [0.3, 0.4) is 0 Å². The van der Waals surface area contributed by atoms with Crippen molar-refractivity contribution >= 4 is 0 Å². The molecule has 0 amide bonds. The highest BCUT2D eigenvalue weighted by Gasteiger charge is 2.22. The molecule has 2 nitrogen and oxygen atoms in total. The lowest BCUT2D eigenvalue weighted by atomic mass is 10.0. The fourth-order valence-corrected chi connectivity index (χ4v) is 5.53. The summed E-state index contributed by atoms with van der Waals surface area (Å²) in [5, 5.41) is 0. The van der Waals surface area contributed by atoms with Gasteiger partial charge < -0.3 is 8.97 Å². The second-order valence-electron chi connectivity index (χ2n) is 13.5. The van der Waals surface area contributed by atoms with Crippen molar-refractivity contribution in [2.45, 2.75) is 168 Å². The highest BCUT2D eigenvalue weighted by atomic mass is 15.4. The van der Waals surface area contributed by atoms with E-state index in [9.17, 15) is 0 Å². The van der Waals surface area contributed by atoms with Gasteiger partial charge in [-0.1, -0.05) is 142 Å². The minimum Gasteiger partial charge on any atom is -0.324 e. The van der Waals surface area contributed by atoms with Crippen LogP contribution in [0, 0.1) is 0 Å². The zero-order chi connectivity index (χ0) is 26.8. The normalized spacial score (nSPS) is 12.5. The fourth-order valence-electron chi connectivity index (χ4n) is 5.53. The van der Waals surface area contributed by atoms with E-state index in [1.54, 1.807) is 0 Å². The lowest BCUT2D eigenvalue weighted by Crippen LogP contribution is -2.51. The molecule has 0 aliphatic heterocycles. The van der Waals surface area contributed by atoms with Crippen LogP contribution < -0.4 is 0 Å². The predicted octanol–water partition coefficient (Wildman–Crippen LogP) is 10.5. The molecule has 0 aromatic carbocycles. The lowest BCUT2D eigenvalue weighted by molar-refractivity contribution is -0.946. The van der Waals surface area contributed by atoms with Crippen LogP contribution >= 0.6 is 0 Å². The molecule has 0 heterocycles. The smallest absolute Gasteiger partial charge is 0.128 e. The fraction of sp³-hybridized carbons (Fsp3) is 1.00. The van der Waals surface area contributed by atoms with Crippen LogP contribution in [0.4, 0.5) is 0 Å². The highest BCUT2D eigenvalue weighted by molar-refractivity contribution is 4.51. The number of unbranched alkanes of at least 4 members (excludes halogenated alkanes) is 22. The molecule has 0 bridgehead atoms. The molecule has 0 fully saturated rings. The monoisotopic (exact) mass is 511 g/mol. The summed E-state index contributed by atoms with van der Waals surface area (Å²) in [5.74, 6) is 0.